The van der Waals surface area contributed by atoms with Crippen LogP contribution in [0.2, 0.25) is 0 Å². The van der Waals surface area contributed by atoms with Gasteiger partial charge in [-0.2, -0.15) is 0 Å². The summed E-state index contributed by atoms with van der Waals surface area (Å²) in [6.07, 6.45) is 7.25. The van der Waals surface area contributed by atoms with Gasteiger partial charge < -0.3 is 14.7 Å². The Morgan fingerprint density at radius 2 is 1.44 bits per heavy atom. The van der Waals surface area contributed by atoms with Gasteiger partial charge in [0.15, 0.2) is 0 Å². The molecule has 0 bridgehead atoms. The predicted molar refractivity (Wildman–Crippen MR) is 99.2 cm³/mol. The average molecular weight is 350 g/mol. The Bertz CT molecular complexity index is 458. The van der Waals surface area contributed by atoms with Crippen molar-refractivity contribution in [1.29, 1.82) is 0 Å². The molecule has 2 amide bonds. The summed E-state index contributed by atoms with van der Waals surface area (Å²) in [6, 6.07) is 0.603. The summed E-state index contributed by atoms with van der Waals surface area (Å²) in [5.74, 6) is 1.43. The summed E-state index contributed by atoms with van der Waals surface area (Å²) < 4.78 is 0. The zero-order valence-corrected chi connectivity index (χ0v) is 16.1. The maximum atomic E-state index is 12.6. The minimum absolute atomic E-state index is 0.252. The summed E-state index contributed by atoms with van der Waals surface area (Å²) in [5, 5.41) is 0. The lowest BCUT2D eigenvalue weighted by Gasteiger charge is -2.42. The molecule has 0 spiro atoms. The summed E-state index contributed by atoms with van der Waals surface area (Å²) in [5.41, 5.74) is 0. The summed E-state index contributed by atoms with van der Waals surface area (Å²) >= 11 is 0. The molecule has 5 nitrogen and oxygen atoms in total. The summed E-state index contributed by atoms with van der Waals surface area (Å²) in [4.78, 5) is 31.5. The van der Waals surface area contributed by atoms with Crippen molar-refractivity contribution < 1.29 is 9.59 Å². The molecular weight excluding hydrogens is 314 g/mol. The normalized spacial score (nSPS) is 24.3. The average Bonchev–Trinajstić information content (AvgIpc) is 3.15. The molecule has 0 unspecified atom stereocenters. The first-order valence-electron chi connectivity index (χ1n) is 10.3. The van der Waals surface area contributed by atoms with E-state index in [2.05, 4.69) is 28.5 Å². The molecule has 3 saturated heterocycles. The fourth-order valence-electron chi connectivity index (χ4n) is 4.67. The van der Waals surface area contributed by atoms with Crippen LogP contribution in [0.25, 0.3) is 0 Å². The van der Waals surface area contributed by atoms with E-state index >= 15 is 0 Å². The third kappa shape index (κ3) is 4.75. The fraction of sp³-hybridized carbons (Fsp3) is 0.900. The van der Waals surface area contributed by atoms with Gasteiger partial charge in [-0.25, -0.2) is 0 Å². The number of carbonyl (C=O) groups excluding carboxylic acids is 2. The van der Waals surface area contributed by atoms with Crippen LogP contribution in [0, 0.1) is 11.8 Å². The Morgan fingerprint density at radius 3 is 2.00 bits per heavy atom. The lowest BCUT2D eigenvalue weighted by atomic mass is 9.92. The van der Waals surface area contributed by atoms with Crippen molar-refractivity contribution in [1.82, 2.24) is 14.7 Å². The second-order valence-electron chi connectivity index (χ2n) is 8.55. The number of amides is 2. The number of likely N-dealkylation sites (tertiary alicyclic amines) is 3. The summed E-state index contributed by atoms with van der Waals surface area (Å²) in [7, 11) is 0. The molecule has 0 saturated carbocycles. The molecule has 0 aliphatic carbocycles. The Balaban J connectivity index is 1.40. The highest BCUT2D eigenvalue weighted by Gasteiger charge is 2.33. The molecular formula is C20H35N3O2. The van der Waals surface area contributed by atoms with Gasteiger partial charge in [0.2, 0.25) is 11.8 Å². The van der Waals surface area contributed by atoms with Gasteiger partial charge in [-0.1, -0.05) is 13.8 Å². The van der Waals surface area contributed by atoms with Crippen LogP contribution in [-0.2, 0) is 9.59 Å². The van der Waals surface area contributed by atoms with Crippen molar-refractivity contribution in [3.05, 3.63) is 0 Å². The van der Waals surface area contributed by atoms with Crippen molar-refractivity contribution in [3.8, 4) is 0 Å². The zero-order chi connectivity index (χ0) is 17.8. The van der Waals surface area contributed by atoms with Gasteiger partial charge in [0.1, 0.15) is 0 Å². The minimum Gasteiger partial charge on any atom is -0.343 e. The molecule has 25 heavy (non-hydrogen) atoms. The minimum atomic E-state index is 0.252. The number of hydrogen-bond acceptors (Lipinski definition) is 3. The van der Waals surface area contributed by atoms with Crippen LogP contribution < -0.4 is 0 Å². The molecule has 0 N–H and O–H groups in total. The van der Waals surface area contributed by atoms with Crippen LogP contribution in [0.1, 0.15) is 58.8 Å². The smallest absolute Gasteiger partial charge is 0.225 e. The molecule has 5 heteroatoms. The van der Waals surface area contributed by atoms with Crippen molar-refractivity contribution >= 4 is 11.8 Å². The SMILES string of the molecule is CC(C)CC(=O)N1CCC(N2CCC(C(=O)N3CCCC3)CC2)CC1. The molecule has 3 fully saturated rings. The molecule has 142 valence electrons. The van der Waals surface area contributed by atoms with Crippen LogP contribution in [0.15, 0.2) is 0 Å². The number of hydrogen-bond donors (Lipinski definition) is 0. The lowest BCUT2D eigenvalue weighted by Crippen LogP contribution is -2.50. The lowest BCUT2D eigenvalue weighted by molar-refractivity contribution is -0.137. The van der Waals surface area contributed by atoms with E-state index in [0.29, 0.717) is 30.2 Å². The Kier molecular flexibility index (Phi) is 6.37. The van der Waals surface area contributed by atoms with Gasteiger partial charge in [-0.05, 0) is 57.5 Å². The Hall–Kier alpha value is -1.10. The van der Waals surface area contributed by atoms with Gasteiger partial charge in [-0.15, -0.1) is 0 Å². The molecule has 3 heterocycles. The number of piperidine rings is 2. The van der Waals surface area contributed by atoms with E-state index in [-0.39, 0.29) is 5.92 Å². The van der Waals surface area contributed by atoms with E-state index in [1.54, 1.807) is 0 Å². The number of rotatable bonds is 4. The highest BCUT2D eigenvalue weighted by molar-refractivity contribution is 5.79. The highest BCUT2D eigenvalue weighted by atomic mass is 16.2. The molecule has 0 atom stereocenters. The molecule has 0 aromatic heterocycles. The van der Waals surface area contributed by atoms with Gasteiger partial charge in [0.05, 0.1) is 0 Å². The molecule has 0 aromatic carbocycles. The zero-order valence-electron chi connectivity index (χ0n) is 16.1. The summed E-state index contributed by atoms with van der Waals surface area (Å²) in [6.45, 7) is 10.1. The van der Waals surface area contributed by atoms with Crippen molar-refractivity contribution in [2.24, 2.45) is 11.8 Å². The number of carbonyl (C=O) groups is 2. The van der Waals surface area contributed by atoms with E-state index in [0.717, 1.165) is 65.0 Å². The van der Waals surface area contributed by atoms with E-state index in [1.165, 1.54) is 12.8 Å². The predicted octanol–water partition coefficient (Wildman–Crippen LogP) is 2.36. The van der Waals surface area contributed by atoms with E-state index < -0.39 is 0 Å². The van der Waals surface area contributed by atoms with Crippen LogP contribution >= 0.6 is 0 Å². The second-order valence-corrected chi connectivity index (χ2v) is 8.55. The monoisotopic (exact) mass is 349 g/mol. The first-order chi connectivity index (χ1) is 12.0. The molecule has 0 aromatic rings. The third-order valence-electron chi connectivity index (χ3n) is 6.21. The largest absolute Gasteiger partial charge is 0.343 e. The van der Waals surface area contributed by atoms with Crippen molar-refractivity contribution in [3.63, 3.8) is 0 Å². The topological polar surface area (TPSA) is 43.9 Å². The van der Waals surface area contributed by atoms with Gasteiger partial charge in [0.25, 0.3) is 0 Å². The molecule has 3 rings (SSSR count). The maximum absolute atomic E-state index is 12.6. The third-order valence-corrected chi connectivity index (χ3v) is 6.21. The molecule has 0 radical (unpaired) electrons. The standard InChI is InChI=1S/C20H35N3O2/c1-16(2)15-19(24)22-13-7-18(8-14-22)21-11-5-17(6-12-21)20(25)23-9-3-4-10-23/h16-18H,3-15H2,1-2H3. The van der Waals surface area contributed by atoms with Crippen molar-refractivity contribution in [2.45, 2.75) is 64.8 Å². The van der Waals surface area contributed by atoms with E-state index in [4.69, 9.17) is 0 Å². The quantitative estimate of drug-likeness (QED) is 0.783. The van der Waals surface area contributed by atoms with Gasteiger partial charge in [0, 0.05) is 44.6 Å². The van der Waals surface area contributed by atoms with E-state index in [1.807, 2.05) is 0 Å². The first kappa shape index (κ1) is 18.7. The number of nitrogens with zero attached hydrogens (tertiary/aromatic N) is 3. The van der Waals surface area contributed by atoms with Gasteiger partial charge in [-0.3, -0.25) is 9.59 Å². The van der Waals surface area contributed by atoms with Crippen molar-refractivity contribution in [2.75, 3.05) is 39.3 Å². The van der Waals surface area contributed by atoms with Crippen LogP contribution in [0.5, 0.6) is 0 Å². The maximum Gasteiger partial charge on any atom is 0.225 e. The Labute approximate surface area is 152 Å². The molecule has 3 aliphatic heterocycles. The van der Waals surface area contributed by atoms with Gasteiger partial charge >= 0.3 is 0 Å². The Morgan fingerprint density at radius 1 is 0.840 bits per heavy atom. The fourth-order valence-corrected chi connectivity index (χ4v) is 4.67. The van der Waals surface area contributed by atoms with E-state index in [9.17, 15) is 9.59 Å². The molecule has 3 aliphatic rings. The first-order valence-corrected chi connectivity index (χ1v) is 10.3. The van der Waals surface area contributed by atoms with Crippen LogP contribution in [-0.4, -0.2) is 71.8 Å². The highest BCUT2D eigenvalue weighted by Crippen LogP contribution is 2.26. The second kappa shape index (κ2) is 8.52. The van der Waals surface area contributed by atoms with Crippen LogP contribution in [0.4, 0.5) is 0 Å². The van der Waals surface area contributed by atoms with Crippen LogP contribution in [0.3, 0.4) is 0 Å².